The zero-order valence-electron chi connectivity index (χ0n) is 10.6. The molecule has 0 aliphatic rings. The van der Waals surface area contributed by atoms with E-state index in [1.165, 1.54) is 5.56 Å². The molecule has 0 aliphatic carbocycles. The largest absolute Gasteiger partial charge is 0.355 e. The van der Waals surface area contributed by atoms with E-state index < -0.39 is 0 Å². The molecule has 0 saturated carbocycles. The number of nitrogen functional groups attached to an aromatic ring is 1. The Hall–Kier alpha value is -2.14. The molecule has 0 amide bonds. The normalized spacial score (nSPS) is 10.2. The molecule has 2 aromatic rings. The van der Waals surface area contributed by atoms with Gasteiger partial charge < -0.3 is 4.90 Å². The maximum atomic E-state index is 5.33. The van der Waals surface area contributed by atoms with Gasteiger partial charge in [0.2, 0.25) is 5.95 Å². The maximum absolute atomic E-state index is 5.33. The minimum absolute atomic E-state index is 0.426. The molecule has 0 spiro atoms. The Kier molecular flexibility index (Phi) is 3.74. The van der Waals surface area contributed by atoms with Gasteiger partial charge >= 0.3 is 0 Å². The van der Waals surface area contributed by atoms with Gasteiger partial charge in [-0.2, -0.15) is 4.98 Å². The molecule has 0 bridgehead atoms. The minimum Gasteiger partial charge on any atom is -0.355 e. The first-order chi connectivity index (χ1) is 8.70. The van der Waals surface area contributed by atoms with Crippen molar-refractivity contribution in [1.29, 1.82) is 0 Å². The molecule has 0 unspecified atom stereocenters. The Morgan fingerprint density at radius 3 is 2.67 bits per heavy atom. The summed E-state index contributed by atoms with van der Waals surface area (Å²) in [5.74, 6) is 6.63. The van der Waals surface area contributed by atoms with Crippen molar-refractivity contribution in [3.05, 3.63) is 47.7 Å². The third-order valence-corrected chi connectivity index (χ3v) is 2.70. The number of aromatic nitrogens is 2. The van der Waals surface area contributed by atoms with Gasteiger partial charge in [-0.15, -0.1) is 0 Å². The first kappa shape index (κ1) is 12.3. The van der Waals surface area contributed by atoms with E-state index in [4.69, 9.17) is 5.84 Å². The van der Waals surface area contributed by atoms with Crippen LogP contribution in [0.4, 0.5) is 11.8 Å². The summed E-state index contributed by atoms with van der Waals surface area (Å²) in [5.41, 5.74) is 4.72. The van der Waals surface area contributed by atoms with Crippen molar-refractivity contribution in [3.63, 3.8) is 0 Å². The highest BCUT2D eigenvalue weighted by Crippen LogP contribution is 2.18. The Labute approximate surface area is 107 Å². The summed E-state index contributed by atoms with van der Waals surface area (Å²) in [6.45, 7) is 2.78. The van der Waals surface area contributed by atoms with Crippen LogP contribution in [0.1, 0.15) is 11.1 Å². The molecule has 0 radical (unpaired) electrons. The number of rotatable bonds is 4. The number of hydrogen-bond acceptors (Lipinski definition) is 5. The van der Waals surface area contributed by atoms with Gasteiger partial charge in [0.05, 0.1) is 0 Å². The maximum Gasteiger partial charge on any atom is 0.239 e. The summed E-state index contributed by atoms with van der Waals surface area (Å²) in [5, 5.41) is 0. The highest BCUT2D eigenvalue weighted by atomic mass is 15.3. The van der Waals surface area contributed by atoms with E-state index >= 15 is 0 Å². The van der Waals surface area contributed by atoms with Crippen LogP contribution in [0, 0.1) is 6.92 Å². The zero-order valence-corrected chi connectivity index (χ0v) is 10.6. The molecule has 0 saturated heterocycles. The van der Waals surface area contributed by atoms with Crippen LogP contribution >= 0.6 is 0 Å². The van der Waals surface area contributed by atoms with E-state index in [9.17, 15) is 0 Å². The van der Waals surface area contributed by atoms with Crippen molar-refractivity contribution >= 4 is 11.8 Å². The summed E-state index contributed by atoms with van der Waals surface area (Å²) in [6.07, 6.45) is 1.76. The molecule has 18 heavy (non-hydrogen) atoms. The predicted octanol–water partition coefficient (Wildman–Crippen LogP) is 1.71. The molecule has 1 aromatic carbocycles. The van der Waals surface area contributed by atoms with Gasteiger partial charge in [-0.05, 0) is 12.5 Å². The summed E-state index contributed by atoms with van der Waals surface area (Å²) >= 11 is 0. The second-order valence-electron chi connectivity index (χ2n) is 4.19. The van der Waals surface area contributed by atoms with Gasteiger partial charge in [0.1, 0.15) is 5.82 Å². The lowest BCUT2D eigenvalue weighted by atomic mass is 10.2. The molecule has 0 fully saturated rings. The fourth-order valence-electron chi connectivity index (χ4n) is 1.82. The Morgan fingerprint density at radius 1 is 1.28 bits per heavy atom. The number of nitrogens with two attached hydrogens (primary N) is 1. The number of hydrogen-bond donors (Lipinski definition) is 2. The third kappa shape index (κ3) is 2.75. The van der Waals surface area contributed by atoms with Crippen LogP contribution in [-0.2, 0) is 6.54 Å². The molecule has 5 nitrogen and oxygen atoms in total. The van der Waals surface area contributed by atoms with Crippen molar-refractivity contribution in [1.82, 2.24) is 9.97 Å². The third-order valence-electron chi connectivity index (χ3n) is 2.70. The van der Waals surface area contributed by atoms with E-state index in [-0.39, 0.29) is 0 Å². The van der Waals surface area contributed by atoms with Crippen LogP contribution in [0.5, 0.6) is 0 Å². The summed E-state index contributed by atoms with van der Waals surface area (Å²) in [7, 11) is 2.00. The van der Waals surface area contributed by atoms with Gasteiger partial charge in [-0.3, -0.25) is 5.43 Å². The second-order valence-corrected chi connectivity index (χ2v) is 4.19. The minimum atomic E-state index is 0.426. The van der Waals surface area contributed by atoms with Crippen LogP contribution in [0.15, 0.2) is 36.5 Å². The first-order valence-corrected chi connectivity index (χ1v) is 5.76. The van der Waals surface area contributed by atoms with Gasteiger partial charge in [0.25, 0.3) is 0 Å². The summed E-state index contributed by atoms with van der Waals surface area (Å²) in [4.78, 5) is 10.5. The fraction of sp³-hybridized carbons (Fsp3) is 0.231. The molecule has 5 heteroatoms. The van der Waals surface area contributed by atoms with Crippen molar-refractivity contribution in [2.45, 2.75) is 13.5 Å². The number of aryl methyl sites for hydroxylation is 1. The van der Waals surface area contributed by atoms with Crippen molar-refractivity contribution in [2.24, 2.45) is 5.84 Å². The lowest BCUT2D eigenvalue weighted by molar-refractivity contribution is 0.882. The zero-order chi connectivity index (χ0) is 13.0. The van der Waals surface area contributed by atoms with E-state index in [1.54, 1.807) is 6.20 Å². The van der Waals surface area contributed by atoms with Crippen molar-refractivity contribution in [3.8, 4) is 0 Å². The molecule has 94 valence electrons. The SMILES string of the molecule is Cc1cnc(NN)nc1N(C)Cc1ccccc1. The van der Waals surface area contributed by atoms with Crippen LogP contribution in [-0.4, -0.2) is 17.0 Å². The molecule has 1 aromatic heterocycles. The molecular formula is C13H17N5. The topological polar surface area (TPSA) is 67.1 Å². The first-order valence-electron chi connectivity index (χ1n) is 5.76. The van der Waals surface area contributed by atoms with Gasteiger partial charge in [-0.1, -0.05) is 30.3 Å². The molecule has 1 heterocycles. The fourth-order valence-corrected chi connectivity index (χ4v) is 1.82. The Morgan fingerprint density at radius 2 is 2.00 bits per heavy atom. The molecule has 2 rings (SSSR count). The van der Waals surface area contributed by atoms with Gasteiger partial charge in [0.15, 0.2) is 0 Å². The lowest BCUT2D eigenvalue weighted by Crippen LogP contribution is -2.20. The molecule has 0 atom stereocenters. The van der Waals surface area contributed by atoms with Crippen molar-refractivity contribution < 1.29 is 0 Å². The average Bonchev–Trinajstić information content (AvgIpc) is 2.40. The second kappa shape index (κ2) is 5.46. The highest BCUT2D eigenvalue weighted by molar-refractivity contribution is 5.48. The molecular weight excluding hydrogens is 226 g/mol. The van der Waals surface area contributed by atoms with Crippen LogP contribution in [0.3, 0.4) is 0 Å². The highest BCUT2D eigenvalue weighted by Gasteiger charge is 2.08. The van der Waals surface area contributed by atoms with E-state index in [0.717, 1.165) is 17.9 Å². The van der Waals surface area contributed by atoms with E-state index in [0.29, 0.717) is 5.95 Å². The number of nitrogens with one attached hydrogen (secondary N) is 1. The number of hydrazine groups is 1. The summed E-state index contributed by atoms with van der Waals surface area (Å²) in [6, 6.07) is 10.3. The van der Waals surface area contributed by atoms with Gasteiger partial charge in [0, 0.05) is 25.4 Å². The van der Waals surface area contributed by atoms with E-state index in [1.807, 2.05) is 32.2 Å². The van der Waals surface area contributed by atoms with Crippen LogP contribution < -0.4 is 16.2 Å². The predicted molar refractivity (Wildman–Crippen MR) is 73.1 cm³/mol. The average molecular weight is 243 g/mol. The standard InChI is InChI=1S/C13H17N5/c1-10-8-15-13(17-14)16-12(10)18(2)9-11-6-4-3-5-7-11/h3-8H,9,14H2,1-2H3,(H,15,16,17). The summed E-state index contributed by atoms with van der Waals surface area (Å²) < 4.78 is 0. The monoisotopic (exact) mass is 243 g/mol. The van der Waals surface area contributed by atoms with Crippen LogP contribution in [0.25, 0.3) is 0 Å². The Bertz CT molecular complexity index is 512. The smallest absolute Gasteiger partial charge is 0.239 e. The molecule has 3 N–H and O–H groups in total. The lowest BCUT2D eigenvalue weighted by Gasteiger charge is -2.20. The number of anilines is 2. The number of benzene rings is 1. The quantitative estimate of drug-likeness (QED) is 0.632. The van der Waals surface area contributed by atoms with Crippen molar-refractivity contribution in [2.75, 3.05) is 17.4 Å². The van der Waals surface area contributed by atoms with Gasteiger partial charge in [-0.25, -0.2) is 10.8 Å². The van der Waals surface area contributed by atoms with Crippen LogP contribution in [0.2, 0.25) is 0 Å². The Balaban J connectivity index is 2.20. The molecule has 0 aliphatic heterocycles. The van der Waals surface area contributed by atoms with E-state index in [2.05, 4.69) is 32.4 Å². The number of nitrogens with zero attached hydrogens (tertiary/aromatic N) is 3.